The van der Waals surface area contributed by atoms with Crippen molar-refractivity contribution < 1.29 is 13.2 Å². The number of nitrogen functional groups attached to an aromatic ring is 1. The van der Waals surface area contributed by atoms with E-state index in [1.807, 2.05) is 23.1 Å². The standard InChI is InChI=1S/C17H19F3N4/c18-17(19,20)13-4-5-16(15(21)11-13)24-9-7-23(8-10-24)12-14-3-1-2-6-22-14/h1-6,11H,7-10,12,21H2. The molecule has 0 radical (unpaired) electrons. The zero-order valence-electron chi connectivity index (χ0n) is 13.1. The van der Waals surface area contributed by atoms with Gasteiger partial charge in [-0.3, -0.25) is 9.88 Å². The number of alkyl halides is 3. The van der Waals surface area contributed by atoms with Crippen LogP contribution in [0, 0.1) is 0 Å². The molecule has 4 nitrogen and oxygen atoms in total. The third kappa shape index (κ3) is 3.79. The summed E-state index contributed by atoms with van der Waals surface area (Å²) >= 11 is 0. The number of nitrogens with zero attached hydrogens (tertiary/aromatic N) is 3. The minimum atomic E-state index is -4.37. The third-order valence-electron chi connectivity index (χ3n) is 4.18. The van der Waals surface area contributed by atoms with Crippen molar-refractivity contribution in [1.82, 2.24) is 9.88 Å². The summed E-state index contributed by atoms with van der Waals surface area (Å²) in [6.07, 6.45) is -2.59. The van der Waals surface area contributed by atoms with E-state index in [1.165, 1.54) is 6.07 Å². The van der Waals surface area contributed by atoms with Gasteiger partial charge < -0.3 is 10.6 Å². The molecule has 2 heterocycles. The van der Waals surface area contributed by atoms with Crippen LogP contribution in [0.15, 0.2) is 42.6 Å². The molecule has 0 saturated carbocycles. The van der Waals surface area contributed by atoms with Crippen LogP contribution < -0.4 is 10.6 Å². The van der Waals surface area contributed by atoms with Gasteiger partial charge >= 0.3 is 6.18 Å². The predicted octanol–water partition coefficient (Wildman–Crippen LogP) is 3.00. The summed E-state index contributed by atoms with van der Waals surface area (Å²) in [5.74, 6) is 0. The van der Waals surface area contributed by atoms with Gasteiger partial charge in [-0.15, -0.1) is 0 Å². The van der Waals surface area contributed by atoms with Gasteiger partial charge in [0, 0.05) is 38.9 Å². The molecule has 1 aromatic carbocycles. The molecule has 1 aliphatic heterocycles. The summed E-state index contributed by atoms with van der Waals surface area (Å²) < 4.78 is 38.2. The first-order valence-corrected chi connectivity index (χ1v) is 7.77. The molecule has 1 fully saturated rings. The van der Waals surface area contributed by atoms with Crippen LogP contribution in [0.3, 0.4) is 0 Å². The number of rotatable bonds is 3. The highest BCUT2D eigenvalue weighted by Gasteiger charge is 2.31. The first kappa shape index (κ1) is 16.6. The molecule has 7 heteroatoms. The Morgan fingerprint density at radius 2 is 1.79 bits per heavy atom. The molecule has 3 rings (SSSR count). The number of halogens is 3. The molecule has 0 unspecified atom stereocenters. The molecule has 0 amide bonds. The molecule has 0 bridgehead atoms. The highest BCUT2D eigenvalue weighted by molar-refractivity contribution is 5.69. The Morgan fingerprint density at radius 3 is 2.38 bits per heavy atom. The van der Waals surface area contributed by atoms with Crippen molar-refractivity contribution in [2.45, 2.75) is 12.7 Å². The molecule has 1 aromatic heterocycles. The van der Waals surface area contributed by atoms with E-state index in [0.29, 0.717) is 5.69 Å². The van der Waals surface area contributed by atoms with Gasteiger partial charge in [0.2, 0.25) is 0 Å². The van der Waals surface area contributed by atoms with Crippen molar-refractivity contribution >= 4 is 11.4 Å². The van der Waals surface area contributed by atoms with Gasteiger partial charge in [-0.05, 0) is 30.3 Å². The maximum absolute atomic E-state index is 12.7. The predicted molar refractivity (Wildman–Crippen MR) is 87.6 cm³/mol. The summed E-state index contributed by atoms with van der Waals surface area (Å²) in [4.78, 5) is 8.62. The van der Waals surface area contributed by atoms with E-state index >= 15 is 0 Å². The van der Waals surface area contributed by atoms with Crippen molar-refractivity contribution in [2.75, 3.05) is 36.8 Å². The first-order valence-electron chi connectivity index (χ1n) is 7.77. The maximum Gasteiger partial charge on any atom is 0.416 e. The zero-order chi connectivity index (χ0) is 17.2. The Morgan fingerprint density at radius 1 is 1.04 bits per heavy atom. The average Bonchev–Trinajstić information content (AvgIpc) is 2.56. The quantitative estimate of drug-likeness (QED) is 0.875. The van der Waals surface area contributed by atoms with Crippen molar-refractivity contribution in [1.29, 1.82) is 0 Å². The van der Waals surface area contributed by atoms with E-state index in [4.69, 9.17) is 5.73 Å². The molecule has 2 aromatic rings. The van der Waals surface area contributed by atoms with Crippen LogP contribution in [0.2, 0.25) is 0 Å². The van der Waals surface area contributed by atoms with Gasteiger partial charge in [0.05, 0.1) is 22.6 Å². The Balaban J connectivity index is 1.62. The van der Waals surface area contributed by atoms with E-state index in [2.05, 4.69) is 9.88 Å². The number of hydrogen-bond donors (Lipinski definition) is 1. The number of anilines is 2. The van der Waals surface area contributed by atoms with Crippen molar-refractivity contribution in [3.8, 4) is 0 Å². The number of pyridine rings is 1. The fraction of sp³-hybridized carbons (Fsp3) is 0.353. The normalized spacial score (nSPS) is 16.4. The van der Waals surface area contributed by atoms with Crippen molar-refractivity contribution in [3.05, 3.63) is 53.9 Å². The van der Waals surface area contributed by atoms with E-state index in [9.17, 15) is 13.2 Å². The molecule has 1 saturated heterocycles. The Labute approximate surface area is 138 Å². The van der Waals surface area contributed by atoms with Crippen LogP contribution in [0.1, 0.15) is 11.3 Å². The van der Waals surface area contributed by atoms with Gasteiger partial charge in [-0.1, -0.05) is 6.07 Å². The zero-order valence-corrected chi connectivity index (χ0v) is 13.1. The number of benzene rings is 1. The van der Waals surface area contributed by atoms with E-state index < -0.39 is 11.7 Å². The number of hydrogen-bond acceptors (Lipinski definition) is 4. The highest BCUT2D eigenvalue weighted by Crippen LogP contribution is 2.34. The van der Waals surface area contributed by atoms with Crippen LogP contribution in [0.5, 0.6) is 0 Å². The third-order valence-corrected chi connectivity index (χ3v) is 4.18. The minimum Gasteiger partial charge on any atom is -0.397 e. The summed E-state index contributed by atoms with van der Waals surface area (Å²) in [5, 5.41) is 0. The summed E-state index contributed by atoms with van der Waals surface area (Å²) in [6, 6.07) is 9.39. The van der Waals surface area contributed by atoms with Gasteiger partial charge in [-0.25, -0.2) is 0 Å². The Hall–Kier alpha value is -2.28. The van der Waals surface area contributed by atoms with Crippen molar-refractivity contribution in [2.24, 2.45) is 0 Å². The average molecular weight is 336 g/mol. The van der Waals surface area contributed by atoms with Gasteiger partial charge in [0.15, 0.2) is 0 Å². The lowest BCUT2D eigenvalue weighted by Crippen LogP contribution is -2.46. The molecular formula is C17H19F3N4. The monoisotopic (exact) mass is 336 g/mol. The molecule has 1 aliphatic rings. The molecule has 2 N–H and O–H groups in total. The van der Waals surface area contributed by atoms with Crippen LogP contribution in [0.4, 0.5) is 24.5 Å². The van der Waals surface area contributed by atoms with Gasteiger partial charge in [0.25, 0.3) is 0 Å². The second-order valence-corrected chi connectivity index (χ2v) is 5.86. The molecular weight excluding hydrogens is 317 g/mol. The lowest BCUT2D eigenvalue weighted by atomic mass is 10.1. The fourth-order valence-corrected chi connectivity index (χ4v) is 2.89. The summed E-state index contributed by atoms with van der Waals surface area (Å²) in [7, 11) is 0. The second kappa shape index (κ2) is 6.68. The first-order chi connectivity index (χ1) is 11.4. The highest BCUT2D eigenvalue weighted by atomic mass is 19.4. The van der Waals surface area contributed by atoms with Crippen LogP contribution >= 0.6 is 0 Å². The SMILES string of the molecule is Nc1cc(C(F)(F)F)ccc1N1CCN(Cc2ccccn2)CC1. The molecule has 24 heavy (non-hydrogen) atoms. The Kier molecular flexibility index (Phi) is 4.62. The molecule has 128 valence electrons. The second-order valence-electron chi connectivity index (χ2n) is 5.86. The summed E-state index contributed by atoms with van der Waals surface area (Å²) in [6.45, 7) is 3.86. The molecule has 0 aliphatic carbocycles. The number of nitrogens with two attached hydrogens (primary N) is 1. The van der Waals surface area contributed by atoms with E-state index in [-0.39, 0.29) is 5.69 Å². The van der Waals surface area contributed by atoms with Crippen LogP contribution in [-0.4, -0.2) is 36.1 Å². The number of aromatic nitrogens is 1. The van der Waals surface area contributed by atoms with Gasteiger partial charge in [-0.2, -0.15) is 13.2 Å². The lowest BCUT2D eigenvalue weighted by molar-refractivity contribution is -0.137. The van der Waals surface area contributed by atoms with Crippen molar-refractivity contribution in [3.63, 3.8) is 0 Å². The topological polar surface area (TPSA) is 45.4 Å². The molecule has 0 atom stereocenters. The lowest BCUT2D eigenvalue weighted by Gasteiger charge is -2.36. The van der Waals surface area contributed by atoms with Gasteiger partial charge in [0.1, 0.15) is 0 Å². The summed E-state index contributed by atoms with van der Waals surface area (Å²) in [5.41, 5.74) is 6.98. The van der Waals surface area contributed by atoms with E-state index in [1.54, 1.807) is 6.20 Å². The smallest absolute Gasteiger partial charge is 0.397 e. The fourth-order valence-electron chi connectivity index (χ4n) is 2.89. The molecule has 0 spiro atoms. The minimum absolute atomic E-state index is 0.169. The number of piperazine rings is 1. The largest absolute Gasteiger partial charge is 0.416 e. The Bertz CT molecular complexity index is 680. The maximum atomic E-state index is 12.7. The van der Waals surface area contributed by atoms with Crippen LogP contribution in [-0.2, 0) is 12.7 Å². The van der Waals surface area contributed by atoms with Crippen LogP contribution in [0.25, 0.3) is 0 Å². The van der Waals surface area contributed by atoms with E-state index in [0.717, 1.165) is 50.6 Å².